The molecule has 0 aliphatic rings. The molecule has 0 radical (unpaired) electrons. The topological polar surface area (TPSA) is 59.3 Å². The minimum absolute atomic E-state index is 0.0111. The summed E-state index contributed by atoms with van der Waals surface area (Å²) in [6, 6.07) is 10.4. The van der Waals surface area contributed by atoms with Crippen molar-refractivity contribution in [2.75, 3.05) is 0 Å². The quantitative estimate of drug-likeness (QED) is 0.885. The lowest BCUT2D eigenvalue weighted by molar-refractivity contribution is -0.136. The molecule has 0 fully saturated rings. The van der Waals surface area contributed by atoms with Crippen molar-refractivity contribution in [1.82, 2.24) is 4.57 Å². The predicted octanol–water partition coefficient (Wildman–Crippen LogP) is 1.52. The van der Waals surface area contributed by atoms with Gasteiger partial charge < -0.3 is 9.67 Å². The maximum Gasteiger partial charge on any atom is 0.307 e. The lowest BCUT2D eigenvalue weighted by Gasteiger charge is -2.06. The Kier molecular flexibility index (Phi) is 3.57. The Labute approximate surface area is 104 Å². The highest BCUT2D eigenvalue weighted by Gasteiger charge is 2.00. The molecule has 0 bridgehead atoms. The smallest absolute Gasteiger partial charge is 0.307 e. The summed E-state index contributed by atoms with van der Waals surface area (Å²) in [6.45, 7) is 0.660. The monoisotopic (exact) mass is 243 g/mol. The zero-order valence-corrected chi connectivity index (χ0v) is 9.74. The highest BCUT2D eigenvalue weighted by molar-refractivity contribution is 5.70. The molecule has 0 spiro atoms. The number of hydrogen-bond donors (Lipinski definition) is 1. The SMILES string of the molecule is O=C(O)Cc1ccc(Cn2ccc(=O)cc2)cc1. The van der Waals surface area contributed by atoms with Crippen LogP contribution in [0.25, 0.3) is 0 Å². The van der Waals surface area contributed by atoms with E-state index in [4.69, 9.17) is 5.11 Å². The highest BCUT2D eigenvalue weighted by Crippen LogP contribution is 2.06. The average molecular weight is 243 g/mol. The number of benzene rings is 1. The molecular formula is C14H13NO3. The Morgan fingerprint density at radius 3 is 2.11 bits per heavy atom. The molecule has 4 heteroatoms. The maximum atomic E-state index is 11.0. The van der Waals surface area contributed by atoms with Gasteiger partial charge in [0.05, 0.1) is 6.42 Å². The van der Waals surface area contributed by atoms with Crippen LogP contribution in [0.2, 0.25) is 0 Å². The molecule has 1 heterocycles. The van der Waals surface area contributed by atoms with Gasteiger partial charge in [0.2, 0.25) is 0 Å². The molecule has 2 rings (SSSR count). The first-order chi connectivity index (χ1) is 8.63. The molecule has 1 aromatic heterocycles. The van der Waals surface area contributed by atoms with Gasteiger partial charge in [-0.1, -0.05) is 24.3 Å². The van der Waals surface area contributed by atoms with E-state index in [1.165, 1.54) is 12.1 Å². The van der Waals surface area contributed by atoms with Crippen molar-refractivity contribution in [1.29, 1.82) is 0 Å². The van der Waals surface area contributed by atoms with Crippen LogP contribution in [0.4, 0.5) is 0 Å². The Balaban J connectivity index is 2.08. The molecule has 1 aromatic carbocycles. The van der Waals surface area contributed by atoms with E-state index < -0.39 is 5.97 Å². The second kappa shape index (κ2) is 5.31. The maximum absolute atomic E-state index is 11.0. The summed E-state index contributed by atoms with van der Waals surface area (Å²) in [5.74, 6) is -0.830. The molecule has 92 valence electrons. The van der Waals surface area contributed by atoms with E-state index in [-0.39, 0.29) is 11.8 Å². The number of pyridine rings is 1. The van der Waals surface area contributed by atoms with Gasteiger partial charge in [0.25, 0.3) is 0 Å². The third-order valence-corrected chi connectivity index (χ3v) is 2.60. The van der Waals surface area contributed by atoms with Crippen molar-refractivity contribution in [2.45, 2.75) is 13.0 Å². The summed E-state index contributed by atoms with van der Waals surface area (Å²) in [4.78, 5) is 21.5. The van der Waals surface area contributed by atoms with Gasteiger partial charge in [0, 0.05) is 31.1 Å². The number of carboxylic acid groups (broad SMARTS) is 1. The summed E-state index contributed by atoms with van der Waals surface area (Å²) in [7, 11) is 0. The number of carbonyl (C=O) groups is 1. The number of carboxylic acids is 1. The lowest BCUT2D eigenvalue weighted by Crippen LogP contribution is -2.05. The van der Waals surface area contributed by atoms with E-state index in [0.29, 0.717) is 6.54 Å². The van der Waals surface area contributed by atoms with E-state index in [1.807, 2.05) is 28.8 Å². The number of aromatic nitrogens is 1. The van der Waals surface area contributed by atoms with Gasteiger partial charge in [-0.3, -0.25) is 9.59 Å². The van der Waals surface area contributed by atoms with Crippen molar-refractivity contribution >= 4 is 5.97 Å². The molecular weight excluding hydrogens is 230 g/mol. The van der Waals surface area contributed by atoms with Gasteiger partial charge in [-0.15, -0.1) is 0 Å². The molecule has 1 N–H and O–H groups in total. The Morgan fingerprint density at radius 1 is 1.00 bits per heavy atom. The fourth-order valence-corrected chi connectivity index (χ4v) is 1.70. The Morgan fingerprint density at radius 2 is 1.56 bits per heavy atom. The first-order valence-corrected chi connectivity index (χ1v) is 5.59. The van der Waals surface area contributed by atoms with Crippen molar-refractivity contribution in [3.8, 4) is 0 Å². The van der Waals surface area contributed by atoms with Gasteiger partial charge in [-0.25, -0.2) is 0 Å². The minimum atomic E-state index is -0.830. The molecule has 4 nitrogen and oxygen atoms in total. The van der Waals surface area contributed by atoms with Crippen LogP contribution in [-0.2, 0) is 17.8 Å². The van der Waals surface area contributed by atoms with Crippen molar-refractivity contribution in [3.05, 3.63) is 70.1 Å². The fourth-order valence-electron chi connectivity index (χ4n) is 1.70. The summed E-state index contributed by atoms with van der Waals surface area (Å²) < 4.78 is 1.90. The van der Waals surface area contributed by atoms with E-state index in [0.717, 1.165) is 11.1 Å². The zero-order valence-electron chi connectivity index (χ0n) is 9.74. The second-order valence-electron chi connectivity index (χ2n) is 4.09. The van der Waals surface area contributed by atoms with Crippen LogP contribution in [0.15, 0.2) is 53.6 Å². The standard InChI is InChI=1S/C14H13NO3/c16-13-5-7-15(8-6-13)10-12-3-1-11(2-4-12)9-14(17)18/h1-8H,9-10H2,(H,17,18). The van der Waals surface area contributed by atoms with Crippen LogP contribution < -0.4 is 5.43 Å². The van der Waals surface area contributed by atoms with E-state index >= 15 is 0 Å². The van der Waals surface area contributed by atoms with Crippen molar-refractivity contribution in [2.24, 2.45) is 0 Å². The summed E-state index contributed by atoms with van der Waals surface area (Å²) in [6.07, 6.45) is 3.50. The normalized spacial score (nSPS) is 10.2. The summed E-state index contributed by atoms with van der Waals surface area (Å²) >= 11 is 0. The molecule has 0 unspecified atom stereocenters. The highest BCUT2D eigenvalue weighted by atomic mass is 16.4. The molecule has 0 amide bonds. The zero-order chi connectivity index (χ0) is 13.0. The van der Waals surface area contributed by atoms with Gasteiger partial charge in [-0.05, 0) is 11.1 Å². The largest absolute Gasteiger partial charge is 0.481 e. The van der Waals surface area contributed by atoms with Crippen molar-refractivity contribution in [3.63, 3.8) is 0 Å². The Hall–Kier alpha value is -2.36. The van der Waals surface area contributed by atoms with Crippen LogP contribution in [0.1, 0.15) is 11.1 Å². The molecule has 0 saturated heterocycles. The second-order valence-corrected chi connectivity index (χ2v) is 4.09. The third-order valence-electron chi connectivity index (χ3n) is 2.60. The summed E-state index contributed by atoms with van der Waals surface area (Å²) in [5, 5.41) is 8.66. The molecule has 2 aromatic rings. The van der Waals surface area contributed by atoms with Crippen LogP contribution in [-0.4, -0.2) is 15.6 Å². The predicted molar refractivity (Wildman–Crippen MR) is 67.6 cm³/mol. The van der Waals surface area contributed by atoms with Crippen LogP contribution in [0.5, 0.6) is 0 Å². The van der Waals surface area contributed by atoms with E-state index in [2.05, 4.69) is 0 Å². The first kappa shape index (κ1) is 12.1. The average Bonchev–Trinajstić information content (AvgIpc) is 2.34. The molecule has 18 heavy (non-hydrogen) atoms. The van der Waals surface area contributed by atoms with Crippen LogP contribution >= 0.6 is 0 Å². The van der Waals surface area contributed by atoms with E-state index in [9.17, 15) is 9.59 Å². The van der Waals surface area contributed by atoms with Crippen LogP contribution in [0, 0.1) is 0 Å². The fraction of sp³-hybridized carbons (Fsp3) is 0.143. The van der Waals surface area contributed by atoms with Gasteiger partial charge in [0.15, 0.2) is 5.43 Å². The Bertz CT molecular complexity index is 579. The lowest BCUT2D eigenvalue weighted by atomic mass is 10.1. The molecule has 0 saturated carbocycles. The molecule has 0 atom stereocenters. The van der Waals surface area contributed by atoms with Gasteiger partial charge in [0.1, 0.15) is 0 Å². The minimum Gasteiger partial charge on any atom is -0.481 e. The van der Waals surface area contributed by atoms with Gasteiger partial charge >= 0.3 is 5.97 Å². The summed E-state index contributed by atoms with van der Waals surface area (Å²) in [5.41, 5.74) is 1.84. The van der Waals surface area contributed by atoms with Crippen molar-refractivity contribution < 1.29 is 9.90 Å². The molecule has 0 aliphatic heterocycles. The van der Waals surface area contributed by atoms with Crippen LogP contribution in [0.3, 0.4) is 0 Å². The molecule has 0 aliphatic carbocycles. The number of rotatable bonds is 4. The number of nitrogens with zero attached hydrogens (tertiary/aromatic N) is 1. The first-order valence-electron chi connectivity index (χ1n) is 5.59. The number of aliphatic carboxylic acids is 1. The number of hydrogen-bond acceptors (Lipinski definition) is 2. The third kappa shape index (κ3) is 3.31. The van der Waals surface area contributed by atoms with E-state index in [1.54, 1.807) is 12.4 Å². The van der Waals surface area contributed by atoms with Gasteiger partial charge in [-0.2, -0.15) is 0 Å².